The molecule has 139 heavy (non-hydrogen) atoms. The number of fused-ring (bicyclic) bond motifs is 20. The maximum Gasteiger partial charge on any atom is 0.534 e. The minimum atomic E-state index is -5.77. The third kappa shape index (κ3) is 14.3. The topological polar surface area (TPSA) is 230 Å². The predicted molar refractivity (Wildman–Crippen MR) is 552 cm³/mol. The maximum absolute atomic E-state index is 12.7. The van der Waals surface area contributed by atoms with Crippen LogP contribution in [0.25, 0.3) is 186 Å². The largest absolute Gasteiger partial charge is 0.534 e. The highest BCUT2D eigenvalue weighted by atomic mass is 32.2. The Morgan fingerprint density at radius 3 is 1.09 bits per heavy atom. The highest BCUT2D eigenvalue weighted by Gasteiger charge is 2.49. The highest BCUT2D eigenvalue weighted by Crippen LogP contribution is 2.50. The molecular weight excluding hydrogens is 1770 g/mol. The van der Waals surface area contributed by atoms with Crippen LogP contribution < -0.4 is 24.1 Å². The van der Waals surface area contributed by atoms with Crippen LogP contribution in [0.4, 0.5) is 24.5 Å². The molecule has 684 valence electrons. The summed E-state index contributed by atoms with van der Waals surface area (Å²) in [6.45, 7) is 8.27. The van der Waals surface area contributed by atoms with E-state index in [4.69, 9.17) is 29.9 Å². The Morgan fingerprint density at radius 2 is 0.647 bits per heavy atom. The van der Waals surface area contributed by atoms with Gasteiger partial charge in [-0.25, -0.2) is 19.9 Å². The first-order valence-electron chi connectivity index (χ1n) is 46.1. The van der Waals surface area contributed by atoms with E-state index in [2.05, 4.69) is 236 Å². The second-order valence-corrected chi connectivity index (χ2v) is 36.0. The molecule has 3 N–H and O–H groups in total. The van der Waals surface area contributed by atoms with Gasteiger partial charge in [0.15, 0.2) is 5.75 Å². The van der Waals surface area contributed by atoms with Crippen molar-refractivity contribution in [2.45, 2.75) is 71.7 Å². The number of imidazole rings is 4. The number of hydrogen-bond donors (Lipinski definition) is 2. The van der Waals surface area contributed by atoms with Gasteiger partial charge in [-0.15, -0.1) is 0 Å². The summed E-state index contributed by atoms with van der Waals surface area (Å²) in [5.74, 6) is 6.40. The molecule has 0 bridgehead atoms. The Morgan fingerprint density at radius 1 is 0.338 bits per heavy atom. The van der Waals surface area contributed by atoms with Gasteiger partial charge in [0.2, 0.25) is 0 Å². The molecule has 23 heteroatoms. The van der Waals surface area contributed by atoms with Gasteiger partial charge in [-0.3, -0.25) is 27.7 Å². The van der Waals surface area contributed by atoms with Crippen molar-refractivity contribution in [1.29, 1.82) is 0 Å². The number of nitrogens with zero attached hydrogens (tertiary/aromatic N) is 9. The van der Waals surface area contributed by atoms with E-state index in [9.17, 15) is 36.8 Å². The Bertz CT molecular complexity index is 9220. The lowest BCUT2D eigenvalue weighted by Gasteiger charge is -2.18. The van der Waals surface area contributed by atoms with Crippen LogP contribution in [0.2, 0.25) is 0 Å². The first kappa shape index (κ1) is 87.4. The van der Waals surface area contributed by atoms with Crippen LogP contribution in [-0.2, 0) is 48.6 Å². The molecule has 0 spiro atoms. The Hall–Kier alpha value is -16.9. The molecule has 0 radical (unpaired) electrons. The van der Waals surface area contributed by atoms with Gasteiger partial charge < -0.3 is 29.2 Å². The number of aromatic nitrogens is 8. The van der Waals surface area contributed by atoms with E-state index in [1.54, 1.807) is 62.1 Å². The number of aromatic hydroxyl groups is 1. The third-order valence-electron chi connectivity index (χ3n) is 27.1. The standard InChI is InChI=1S/C41H28N2.C16H11F3N2O3S.C16H14N2O.C15H12N2O.C14H11NO3.C14H13NO/c1-2-37-42-36-21-11-20-35-34-19-10-18-29(40(34)43(37)41(35)36)26-22-24-28(25-23-26)39-32-16-8-6-14-30(32)38(27-12-4-3-5-13-27)31-15-7-9-17-33(31)39;1-2-13-20-11-7-3-5-9-10-6-4-8-12(15(10)21(13)14(9)11)24-25(22,23)16(17,18)19;1-3-14-17-12-8-4-6-10-11-7-5-9-13(19-2)16(11)18(14)15(10)12;1-2-13-16-11-7-3-5-9-10-6-4-8-12(18)15(10)17(13)14(9)11;1-18-14-7-3-5-10-9-4-2-6-13(15(16)17)11(9)8-12(10)14;1-16-14-7-3-5-10-9-4-2-6-13(15)11(9)8-12(10)14/h3-25H,2H2,1H3;3-8H,2H2,1H3;4-9H,3H2,1-2H3;3-8,18H,2H2,1H3;2-7H,8H2,1H3;2-7H,8,15H2,1H3. The summed E-state index contributed by atoms with van der Waals surface area (Å²) >= 11 is 0. The van der Waals surface area contributed by atoms with Crippen LogP contribution in [0.1, 0.15) is 73.2 Å². The molecule has 2 aliphatic carbocycles. The maximum atomic E-state index is 12.7. The summed E-state index contributed by atoms with van der Waals surface area (Å²) in [7, 11) is -0.716. The van der Waals surface area contributed by atoms with E-state index in [-0.39, 0.29) is 21.9 Å². The second-order valence-electron chi connectivity index (χ2n) is 34.5. The molecular formula is C116H89F3N10O9S. The molecule has 0 saturated carbocycles. The van der Waals surface area contributed by atoms with E-state index < -0.39 is 15.6 Å². The Kier molecular flexibility index (Phi) is 21.9. The lowest BCUT2D eigenvalue weighted by atomic mass is 9.85. The minimum absolute atomic E-state index is 0.186. The Labute approximate surface area is 795 Å². The van der Waals surface area contributed by atoms with Crippen molar-refractivity contribution in [3.05, 3.63) is 377 Å². The smallest absolute Gasteiger partial charge is 0.506 e. The highest BCUT2D eigenvalue weighted by molar-refractivity contribution is 7.88. The number of ether oxygens (including phenoxy) is 3. The van der Waals surface area contributed by atoms with E-state index >= 15 is 0 Å². The molecule has 0 atom stereocenters. The Balaban J connectivity index is 0.000000101. The summed E-state index contributed by atoms with van der Waals surface area (Å²) in [5.41, 5.74) is 29.4. The number of phenols is 1. The van der Waals surface area contributed by atoms with Crippen molar-refractivity contribution in [3.8, 4) is 84.4 Å². The van der Waals surface area contributed by atoms with E-state index in [0.29, 0.717) is 35.3 Å². The molecule has 25 aromatic rings. The molecule has 19 nitrogen and oxygen atoms in total. The van der Waals surface area contributed by atoms with Gasteiger partial charge in [0.05, 0.1) is 92.5 Å². The number of phenolic OH excluding ortho intramolecular Hbond substituents is 1. The molecule has 8 heterocycles. The average molecular weight is 1860 g/mol. The number of hydrogen-bond acceptors (Lipinski definition) is 14. The van der Waals surface area contributed by atoms with Crippen molar-refractivity contribution in [2.75, 3.05) is 27.1 Å². The zero-order valence-electron chi connectivity index (χ0n) is 76.7. The first-order chi connectivity index (χ1) is 67.7. The molecule has 0 saturated heterocycles. The van der Waals surface area contributed by atoms with Crippen molar-refractivity contribution < 1.29 is 50.0 Å². The van der Waals surface area contributed by atoms with E-state index in [1.165, 1.54) is 127 Å². The van der Waals surface area contributed by atoms with Gasteiger partial charge in [-0.05, 0) is 138 Å². The number of halogens is 3. The van der Waals surface area contributed by atoms with E-state index in [0.717, 1.165) is 143 Å². The number of nitrogen functional groups attached to an aromatic ring is 1. The van der Waals surface area contributed by atoms with Crippen molar-refractivity contribution in [1.82, 2.24) is 37.5 Å². The average Bonchev–Trinajstić information content (AvgIpc) is 1.49. The number of nitro benzene ring substituents is 1. The summed E-state index contributed by atoms with van der Waals surface area (Å²) in [6, 6.07) is 108. The molecule has 0 fully saturated rings. The number of nitro groups is 1. The zero-order valence-corrected chi connectivity index (χ0v) is 77.5. The SMILES string of the molecule is CCc1nc2cccc3c4cccc(-c5ccc(-c6c7ccccc7c(-c7ccccc7)c7ccccc67)cc5)c4n1c23.CCc1nc2cccc3c4cccc(O)c4n1c23.CCc1nc2cccc3c4cccc(OC)c4n1c23.CCc1nc2cccc3c4cccc(OS(=O)(=O)C(F)(F)F)c4n1c23.COc1cccc2c1Cc1c(N)cccc1-2.COc1cccc2c1Cc1c-2cccc1[N+](=O)[O-]. The monoisotopic (exact) mass is 1850 g/mol. The number of aryl methyl sites for hydroxylation is 4. The first-order valence-corrected chi connectivity index (χ1v) is 47.5. The van der Waals surface area contributed by atoms with Gasteiger partial charge in [0, 0.05) is 116 Å². The van der Waals surface area contributed by atoms with Crippen LogP contribution in [0, 0.1) is 10.1 Å². The molecule has 27 rings (SSSR count). The van der Waals surface area contributed by atoms with Gasteiger partial charge in [-0.1, -0.05) is 282 Å². The van der Waals surface area contributed by atoms with Crippen molar-refractivity contribution in [3.63, 3.8) is 0 Å². The van der Waals surface area contributed by atoms with Gasteiger partial charge >= 0.3 is 15.6 Å². The quantitative estimate of drug-likeness (QED) is 0.0273. The fraction of sp³-hybridized carbons (Fsp3) is 0.121. The van der Waals surface area contributed by atoms with Crippen LogP contribution in [-0.4, -0.2) is 82.8 Å². The molecule has 2 aliphatic rings. The van der Waals surface area contributed by atoms with Crippen LogP contribution in [0.3, 0.4) is 0 Å². The molecule has 17 aromatic carbocycles. The molecule has 0 unspecified atom stereocenters. The van der Waals surface area contributed by atoms with Gasteiger partial charge in [0.25, 0.3) is 5.69 Å². The third-order valence-corrected chi connectivity index (χ3v) is 28.1. The van der Waals surface area contributed by atoms with Gasteiger partial charge in [-0.2, -0.15) is 21.6 Å². The number of nitrogens with two attached hydrogens (primary N) is 1. The van der Waals surface area contributed by atoms with Crippen LogP contribution >= 0.6 is 0 Å². The summed E-state index contributed by atoms with van der Waals surface area (Å²) in [4.78, 5) is 29.5. The summed E-state index contributed by atoms with van der Waals surface area (Å²) in [6.07, 6.45) is 4.61. The number of rotatable bonds is 13. The number of alkyl halides is 3. The summed E-state index contributed by atoms with van der Waals surface area (Å²) < 4.78 is 90.2. The van der Waals surface area contributed by atoms with Crippen LogP contribution in [0.5, 0.6) is 28.7 Å². The molecule has 0 amide bonds. The fourth-order valence-electron chi connectivity index (χ4n) is 21.2. The van der Waals surface area contributed by atoms with E-state index in [1.807, 2.05) is 91.9 Å². The minimum Gasteiger partial charge on any atom is -0.506 e. The second kappa shape index (κ2) is 34.8. The number of benzene rings is 17. The predicted octanol–water partition coefficient (Wildman–Crippen LogP) is 27.8. The number of anilines is 1. The molecule has 0 aliphatic heterocycles. The summed E-state index contributed by atoms with van der Waals surface area (Å²) in [5, 5.41) is 35.0. The lowest BCUT2D eigenvalue weighted by molar-refractivity contribution is -0.385. The zero-order chi connectivity index (χ0) is 95.6. The fourth-order valence-corrected chi connectivity index (χ4v) is 21.6. The van der Waals surface area contributed by atoms with Crippen molar-refractivity contribution >= 4 is 152 Å². The molecule has 8 aromatic heterocycles. The van der Waals surface area contributed by atoms with Crippen molar-refractivity contribution in [2.24, 2.45) is 0 Å². The van der Waals surface area contributed by atoms with Gasteiger partial charge in [0.1, 0.15) is 46.3 Å². The number of para-hydroxylation sites is 8. The van der Waals surface area contributed by atoms with Crippen LogP contribution in [0.15, 0.2) is 322 Å². The number of methoxy groups -OCH3 is 3. The lowest BCUT2D eigenvalue weighted by Crippen LogP contribution is -2.28. The normalized spacial score (nSPS) is 12.2.